The van der Waals surface area contributed by atoms with Crippen molar-refractivity contribution in [3.63, 3.8) is 0 Å². The molecule has 118 valence electrons. The predicted molar refractivity (Wildman–Crippen MR) is 91.7 cm³/mol. The Morgan fingerprint density at radius 1 is 1.00 bits per heavy atom. The second kappa shape index (κ2) is 6.87. The highest BCUT2D eigenvalue weighted by Crippen LogP contribution is 2.35. The van der Waals surface area contributed by atoms with E-state index < -0.39 is 0 Å². The van der Waals surface area contributed by atoms with Gasteiger partial charge in [0.05, 0.1) is 12.4 Å². The van der Waals surface area contributed by atoms with Crippen molar-refractivity contribution in [3.05, 3.63) is 60.0 Å². The summed E-state index contributed by atoms with van der Waals surface area (Å²) in [5, 5.41) is 8.42. The third kappa shape index (κ3) is 3.74. The summed E-state index contributed by atoms with van der Waals surface area (Å²) < 4.78 is 11.0. The Bertz CT molecular complexity index is 766. The SMILES string of the molecule is COc1ccc(SC(C)c2nnc(-c3ccc(C)cc3)o2)cc1. The van der Waals surface area contributed by atoms with Crippen molar-refractivity contribution >= 4 is 11.8 Å². The monoisotopic (exact) mass is 326 g/mol. The first-order valence-electron chi connectivity index (χ1n) is 7.37. The van der Waals surface area contributed by atoms with Crippen LogP contribution in [0.15, 0.2) is 57.8 Å². The molecule has 3 rings (SSSR count). The molecule has 1 heterocycles. The Hall–Kier alpha value is -2.27. The van der Waals surface area contributed by atoms with E-state index in [1.807, 2.05) is 48.5 Å². The van der Waals surface area contributed by atoms with E-state index in [4.69, 9.17) is 9.15 Å². The molecule has 0 amide bonds. The molecule has 0 saturated carbocycles. The molecule has 23 heavy (non-hydrogen) atoms. The van der Waals surface area contributed by atoms with Crippen LogP contribution in [0.25, 0.3) is 11.5 Å². The highest BCUT2D eigenvalue weighted by molar-refractivity contribution is 7.99. The predicted octanol–water partition coefficient (Wildman–Crippen LogP) is 4.91. The van der Waals surface area contributed by atoms with Crippen LogP contribution in [0.2, 0.25) is 0 Å². The van der Waals surface area contributed by atoms with Crippen molar-refractivity contribution in [1.82, 2.24) is 10.2 Å². The van der Waals surface area contributed by atoms with E-state index in [0.717, 1.165) is 16.2 Å². The maximum Gasteiger partial charge on any atom is 0.247 e. The van der Waals surface area contributed by atoms with E-state index >= 15 is 0 Å². The van der Waals surface area contributed by atoms with Gasteiger partial charge in [0.25, 0.3) is 0 Å². The summed E-state index contributed by atoms with van der Waals surface area (Å²) in [5.41, 5.74) is 2.15. The van der Waals surface area contributed by atoms with Crippen molar-refractivity contribution in [1.29, 1.82) is 0 Å². The van der Waals surface area contributed by atoms with Gasteiger partial charge in [-0.05, 0) is 50.2 Å². The van der Waals surface area contributed by atoms with Gasteiger partial charge in [-0.1, -0.05) is 17.7 Å². The largest absolute Gasteiger partial charge is 0.497 e. The molecule has 1 unspecified atom stereocenters. The van der Waals surface area contributed by atoms with Gasteiger partial charge in [0.15, 0.2) is 0 Å². The highest BCUT2D eigenvalue weighted by atomic mass is 32.2. The number of benzene rings is 2. The first kappa shape index (κ1) is 15.6. The lowest BCUT2D eigenvalue weighted by atomic mass is 10.1. The molecule has 2 aromatic carbocycles. The van der Waals surface area contributed by atoms with E-state index in [-0.39, 0.29) is 5.25 Å². The summed E-state index contributed by atoms with van der Waals surface area (Å²) in [4.78, 5) is 1.13. The Morgan fingerprint density at radius 3 is 2.35 bits per heavy atom. The smallest absolute Gasteiger partial charge is 0.247 e. The summed E-state index contributed by atoms with van der Waals surface area (Å²) in [6, 6.07) is 16.0. The van der Waals surface area contributed by atoms with Crippen LogP contribution in [0.3, 0.4) is 0 Å². The number of thioether (sulfide) groups is 1. The molecule has 0 fully saturated rings. The number of hydrogen-bond acceptors (Lipinski definition) is 5. The molecule has 0 spiro atoms. The number of rotatable bonds is 5. The summed E-state index contributed by atoms with van der Waals surface area (Å²) in [5.74, 6) is 2.03. The van der Waals surface area contributed by atoms with E-state index in [2.05, 4.69) is 24.0 Å². The molecule has 0 N–H and O–H groups in total. The summed E-state index contributed by atoms with van der Waals surface area (Å²) in [7, 11) is 1.66. The summed E-state index contributed by atoms with van der Waals surface area (Å²) in [6.07, 6.45) is 0. The van der Waals surface area contributed by atoms with Gasteiger partial charge in [0.2, 0.25) is 11.8 Å². The Balaban J connectivity index is 1.72. The number of methoxy groups -OCH3 is 1. The number of ether oxygens (including phenoxy) is 1. The van der Waals surface area contributed by atoms with Gasteiger partial charge in [-0.15, -0.1) is 22.0 Å². The Kier molecular flexibility index (Phi) is 4.67. The lowest BCUT2D eigenvalue weighted by Gasteiger charge is -2.07. The maximum atomic E-state index is 5.82. The van der Waals surface area contributed by atoms with Gasteiger partial charge in [0, 0.05) is 10.5 Å². The van der Waals surface area contributed by atoms with Crippen molar-refractivity contribution in [3.8, 4) is 17.2 Å². The minimum absolute atomic E-state index is 0.0788. The van der Waals surface area contributed by atoms with Crippen molar-refractivity contribution in [2.45, 2.75) is 24.0 Å². The molecule has 3 aromatic rings. The van der Waals surface area contributed by atoms with Gasteiger partial charge in [-0.25, -0.2) is 0 Å². The van der Waals surface area contributed by atoms with Gasteiger partial charge in [-0.3, -0.25) is 0 Å². The molecule has 0 aliphatic heterocycles. The van der Waals surface area contributed by atoms with Crippen molar-refractivity contribution in [2.75, 3.05) is 7.11 Å². The standard InChI is InChI=1S/C18H18N2O2S/c1-12-4-6-14(7-5-12)18-20-19-17(22-18)13(2)23-16-10-8-15(21-3)9-11-16/h4-11,13H,1-3H3. The van der Waals surface area contributed by atoms with Crippen LogP contribution >= 0.6 is 11.8 Å². The third-order valence-electron chi connectivity index (χ3n) is 3.46. The molecule has 0 saturated heterocycles. The lowest BCUT2D eigenvalue weighted by Crippen LogP contribution is -1.89. The second-order valence-electron chi connectivity index (χ2n) is 5.25. The van der Waals surface area contributed by atoms with Crippen LogP contribution in [0.1, 0.15) is 23.6 Å². The fourth-order valence-corrected chi connectivity index (χ4v) is 3.02. The molecule has 5 heteroatoms. The average Bonchev–Trinajstić information content (AvgIpc) is 3.06. The first-order valence-corrected chi connectivity index (χ1v) is 8.25. The summed E-state index contributed by atoms with van der Waals surface area (Å²) >= 11 is 1.68. The molecule has 0 radical (unpaired) electrons. The van der Waals surface area contributed by atoms with Crippen LogP contribution in [0, 0.1) is 6.92 Å². The summed E-state index contributed by atoms with van der Waals surface area (Å²) in [6.45, 7) is 4.11. The van der Waals surface area contributed by atoms with Gasteiger partial charge in [0.1, 0.15) is 5.75 Å². The van der Waals surface area contributed by atoms with Gasteiger partial charge in [-0.2, -0.15) is 0 Å². The van der Waals surface area contributed by atoms with E-state index in [1.54, 1.807) is 18.9 Å². The highest BCUT2D eigenvalue weighted by Gasteiger charge is 2.16. The molecule has 4 nitrogen and oxygen atoms in total. The number of aryl methyl sites for hydroxylation is 1. The van der Waals surface area contributed by atoms with Crippen LogP contribution in [-0.4, -0.2) is 17.3 Å². The molecule has 0 aliphatic rings. The number of hydrogen-bond donors (Lipinski definition) is 0. The zero-order chi connectivity index (χ0) is 16.2. The minimum atomic E-state index is 0.0788. The van der Waals surface area contributed by atoms with Crippen LogP contribution in [0.4, 0.5) is 0 Å². The number of nitrogens with zero attached hydrogens (tertiary/aromatic N) is 2. The van der Waals surface area contributed by atoms with E-state index in [1.165, 1.54) is 5.56 Å². The fraction of sp³-hybridized carbons (Fsp3) is 0.222. The normalized spacial score (nSPS) is 12.1. The van der Waals surface area contributed by atoms with Crippen LogP contribution in [-0.2, 0) is 0 Å². The fourth-order valence-electron chi connectivity index (χ4n) is 2.12. The van der Waals surface area contributed by atoms with Crippen molar-refractivity contribution < 1.29 is 9.15 Å². The molecule has 1 atom stereocenters. The molecular formula is C18H18N2O2S. The average molecular weight is 326 g/mol. The van der Waals surface area contributed by atoms with Crippen molar-refractivity contribution in [2.24, 2.45) is 0 Å². The van der Waals surface area contributed by atoms with Gasteiger partial charge >= 0.3 is 0 Å². The van der Waals surface area contributed by atoms with E-state index in [0.29, 0.717) is 11.8 Å². The minimum Gasteiger partial charge on any atom is -0.497 e. The van der Waals surface area contributed by atoms with E-state index in [9.17, 15) is 0 Å². The molecule has 1 aromatic heterocycles. The zero-order valence-corrected chi connectivity index (χ0v) is 14.1. The second-order valence-corrected chi connectivity index (χ2v) is 6.66. The molecular weight excluding hydrogens is 308 g/mol. The quantitative estimate of drug-likeness (QED) is 0.624. The van der Waals surface area contributed by atoms with Crippen LogP contribution < -0.4 is 4.74 Å². The van der Waals surface area contributed by atoms with Crippen LogP contribution in [0.5, 0.6) is 5.75 Å². The molecule has 0 aliphatic carbocycles. The first-order chi connectivity index (χ1) is 11.2. The third-order valence-corrected chi connectivity index (χ3v) is 4.56. The molecule has 0 bridgehead atoms. The van der Waals surface area contributed by atoms with Gasteiger partial charge < -0.3 is 9.15 Å². The number of aromatic nitrogens is 2. The topological polar surface area (TPSA) is 48.2 Å². The lowest BCUT2D eigenvalue weighted by molar-refractivity contribution is 0.414. The Labute approximate surface area is 139 Å². The maximum absolute atomic E-state index is 5.82. The Morgan fingerprint density at radius 2 is 1.70 bits per heavy atom. The zero-order valence-electron chi connectivity index (χ0n) is 13.3.